The van der Waals surface area contributed by atoms with Crippen LogP contribution in [0.1, 0.15) is 24.0 Å². The smallest absolute Gasteiger partial charge is 0.269 e. The molecule has 6 heteroatoms. The first kappa shape index (κ1) is 15.6. The molecule has 0 bridgehead atoms. The van der Waals surface area contributed by atoms with Crippen LogP contribution < -0.4 is 5.32 Å². The van der Waals surface area contributed by atoms with Crippen LogP contribution in [0, 0.1) is 15.9 Å². The number of hydrogen-bond acceptors (Lipinski definition) is 3. The van der Waals surface area contributed by atoms with Crippen LogP contribution in [0.2, 0.25) is 0 Å². The van der Waals surface area contributed by atoms with E-state index in [1.54, 1.807) is 31.2 Å². The predicted octanol–water partition coefficient (Wildman–Crippen LogP) is 3.15. The predicted molar refractivity (Wildman–Crippen MR) is 79.8 cm³/mol. The molecule has 2 aromatic rings. The number of non-ortho nitro benzene ring substituents is 1. The van der Waals surface area contributed by atoms with E-state index in [4.69, 9.17) is 0 Å². The van der Waals surface area contributed by atoms with E-state index in [1.807, 2.05) is 0 Å². The van der Waals surface area contributed by atoms with Gasteiger partial charge in [-0.05, 0) is 30.2 Å². The number of carbonyl (C=O) groups excluding carboxylic acids is 1. The van der Waals surface area contributed by atoms with Crippen molar-refractivity contribution in [1.29, 1.82) is 0 Å². The van der Waals surface area contributed by atoms with Crippen molar-refractivity contribution in [2.45, 2.75) is 19.4 Å². The van der Waals surface area contributed by atoms with E-state index in [2.05, 4.69) is 5.32 Å². The van der Waals surface area contributed by atoms with Gasteiger partial charge in [-0.2, -0.15) is 0 Å². The average Bonchev–Trinajstić information content (AvgIpc) is 2.53. The van der Waals surface area contributed by atoms with Gasteiger partial charge < -0.3 is 5.32 Å². The van der Waals surface area contributed by atoms with Crippen molar-refractivity contribution in [3.63, 3.8) is 0 Å². The Labute approximate surface area is 126 Å². The second-order valence-electron chi connectivity index (χ2n) is 4.91. The molecule has 0 saturated heterocycles. The molecule has 5 nitrogen and oxygen atoms in total. The first-order valence-corrected chi connectivity index (χ1v) is 6.74. The molecule has 0 aliphatic rings. The summed E-state index contributed by atoms with van der Waals surface area (Å²) < 4.78 is 12.8. The topological polar surface area (TPSA) is 72.2 Å². The Hall–Kier alpha value is -2.76. The number of rotatable bonds is 5. The zero-order valence-electron chi connectivity index (χ0n) is 12.0. The molecule has 1 N–H and O–H groups in total. The lowest BCUT2D eigenvalue weighted by Gasteiger charge is -2.12. The number of nitro groups is 1. The lowest BCUT2D eigenvalue weighted by molar-refractivity contribution is -0.384. The molecular formula is C16H15FN2O3. The fraction of sp³-hybridized carbons (Fsp3) is 0.188. The van der Waals surface area contributed by atoms with E-state index in [1.165, 1.54) is 24.3 Å². The van der Waals surface area contributed by atoms with E-state index in [0.29, 0.717) is 12.1 Å². The molecule has 0 saturated carbocycles. The van der Waals surface area contributed by atoms with Gasteiger partial charge in [0.15, 0.2) is 0 Å². The highest BCUT2D eigenvalue weighted by atomic mass is 19.1. The normalized spacial score (nSPS) is 11.7. The highest BCUT2D eigenvalue weighted by Gasteiger charge is 2.16. The summed E-state index contributed by atoms with van der Waals surface area (Å²) in [7, 11) is 0. The van der Waals surface area contributed by atoms with Crippen LogP contribution in [0.5, 0.6) is 0 Å². The third kappa shape index (κ3) is 3.88. The van der Waals surface area contributed by atoms with Gasteiger partial charge in [0, 0.05) is 18.7 Å². The molecule has 0 aromatic heterocycles. The fourth-order valence-corrected chi connectivity index (χ4v) is 1.98. The minimum absolute atomic E-state index is 0.0114. The Bertz CT molecular complexity index is 669. The molecule has 2 rings (SSSR count). The lowest BCUT2D eigenvalue weighted by Crippen LogP contribution is -2.27. The van der Waals surface area contributed by atoms with Crippen LogP contribution in [-0.2, 0) is 11.3 Å². The van der Waals surface area contributed by atoms with Crippen LogP contribution in [0.4, 0.5) is 10.1 Å². The van der Waals surface area contributed by atoms with Gasteiger partial charge in [-0.3, -0.25) is 14.9 Å². The maximum atomic E-state index is 12.8. The lowest BCUT2D eigenvalue weighted by atomic mass is 10.00. The molecule has 0 aliphatic heterocycles. The molecular weight excluding hydrogens is 287 g/mol. The van der Waals surface area contributed by atoms with E-state index in [0.717, 1.165) is 5.56 Å². The van der Waals surface area contributed by atoms with Gasteiger partial charge in [0.2, 0.25) is 5.91 Å². The fourth-order valence-electron chi connectivity index (χ4n) is 1.98. The zero-order chi connectivity index (χ0) is 16.1. The molecule has 22 heavy (non-hydrogen) atoms. The summed E-state index contributed by atoms with van der Waals surface area (Å²) >= 11 is 0. The van der Waals surface area contributed by atoms with Gasteiger partial charge >= 0.3 is 0 Å². The third-order valence-corrected chi connectivity index (χ3v) is 3.38. The van der Waals surface area contributed by atoms with Gasteiger partial charge in [-0.1, -0.05) is 24.3 Å². The van der Waals surface area contributed by atoms with Gasteiger partial charge in [0.05, 0.1) is 10.8 Å². The highest BCUT2D eigenvalue weighted by molar-refractivity contribution is 5.83. The SMILES string of the molecule is C[C@H](C(=O)NCc1ccc(F)cc1)c1ccc([N+](=O)[O-])cc1. The minimum atomic E-state index is -0.483. The van der Waals surface area contributed by atoms with E-state index in [-0.39, 0.29) is 17.4 Å². The Balaban J connectivity index is 1.96. The van der Waals surface area contributed by atoms with Crippen molar-refractivity contribution in [2.24, 2.45) is 0 Å². The highest BCUT2D eigenvalue weighted by Crippen LogP contribution is 2.19. The number of halogens is 1. The van der Waals surface area contributed by atoms with E-state index < -0.39 is 10.8 Å². The maximum absolute atomic E-state index is 12.8. The second-order valence-corrected chi connectivity index (χ2v) is 4.91. The first-order valence-electron chi connectivity index (χ1n) is 6.74. The average molecular weight is 302 g/mol. The second kappa shape index (κ2) is 6.80. The number of nitrogens with zero attached hydrogens (tertiary/aromatic N) is 1. The van der Waals surface area contributed by atoms with E-state index in [9.17, 15) is 19.3 Å². The van der Waals surface area contributed by atoms with Crippen LogP contribution >= 0.6 is 0 Å². The number of amides is 1. The molecule has 114 valence electrons. The van der Waals surface area contributed by atoms with Crippen LogP contribution in [0.25, 0.3) is 0 Å². The molecule has 0 aliphatic carbocycles. The van der Waals surface area contributed by atoms with Gasteiger partial charge in [0.1, 0.15) is 5.82 Å². The van der Waals surface area contributed by atoms with Crippen molar-refractivity contribution < 1.29 is 14.1 Å². The van der Waals surface area contributed by atoms with Crippen molar-refractivity contribution in [1.82, 2.24) is 5.32 Å². The standard InChI is InChI=1S/C16H15FN2O3/c1-11(13-4-8-15(9-5-13)19(21)22)16(20)18-10-12-2-6-14(17)7-3-12/h2-9,11H,10H2,1H3,(H,18,20)/t11-/m0/s1. The van der Waals surface area contributed by atoms with Crippen LogP contribution in [0.15, 0.2) is 48.5 Å². The summed E-state index contributed by atoms with van der Waals surface area (Å²) in [5, 5.41) is 13.4. The number of nitrogens with one attached hydrogen (secondary N) is 1. The molecule has 0 spiro atoms. The van der Waals surface area contributed by atoms with Crippen LogP contribution in [0.3, 0.4) is 0 Å². The van der Waals surface area contributed by atoms with Gasteiger partial charge in [0.25, 0.3) is 5.69 Å². The molecule has 1 amide bonds. The number of nitro benzene ring substituents is 1. The van der Waals surface area contributed by atoms with Crippen molar-refractivity contribution in [3.8, 4) is 0 Å². The Kier molecular flexibility index (Phi) is 4.83. The molecule has 1 atom stereocenters. The number of hydrogen-bond donors (Lipinski definition) is 1. The summed E-state index contributed by atoms with van der Waals surface area (Å²) in [6.07, 6.45) is 0. The summed E-state index contributed by atoms with van der Waals surface area (Å²) in [5.74, 6) is -0.950. The monoisotopic (exact) mass is 302 g/mol. The Morgan fingerprint density at radius 3 is 2.32 bits per heavy atom. The maximum Gasteiger partial charge on any atom is 0.269 e. The Morgan fingerprint density at radius 2 is 1.77 bits per heavy atom. The number of benzene rings is 2. The molecule has 2 aromatic carbocycles. The van der Waals surface area contributed by atoms with Gasteiger partial charge in [-0.15, -0.1) is 0 Å². The molecule has 0 radical (unpaired) electrons. The summed E-state index contributed by atoms with van der Waals surface area (Å²) in [4.78, 5) is 22.2. The third-order valence-electron chi connectivity index (χ3n) is 3.38. The van der Waals surface area contributed by atoms with E-state index >= 15 is 0 Å². The Morgan fingerprint density at radius 1 is 1.18 bits per heavy atom. The minimum Gasteiger partial charge on any atom is -0.352 e. The molecule has 0 heterocycles. The van der Waals surface area contributed by atoms with Crippen LogP contribution in [-0.4, -0.2) is 10.8 Å². The number of carbonyl (C=O) groups is 1. The van der Waals surface area contributed by atoms with Gasteiger partial charge in [-0.25, -0.2) is 4.39 Å². The largest absolute Gasteiger partial charge is 0.352 e. The first-order chi connectivity index (χ1) is 10.5. The molecule has 0 fully saturated rings. The van der Waals surface area contributed by atoms with Crippen molar-refractivity contribution in [2.75, 3.05) is 0 Å². The summed E-state index contributed by atoms with van der Waals surface area (Å²) in [5.41, 5.74) is 1.48. The summed E-state index contributed by atoms with van der Waals surface area (Å²) in [6.45, 7) is 2.03. The molecule has 0 unspecified atom stereocenters. The summed E-state index contributed by atoms with van der Waals surface area (Å²) in [6, 6.07) is 11.8. The quantitative estimate of drug-likeness (QED) is 0.681. The zero-order valence-corrected chi connectivity index (χ0v) is 12.0. The van der Waals surface area contributed by atoms with Crippen molar-refractivity contribution in [3.05, 3.63) is 75.6 Å². The van der Waals surface area contributed by atoms with Crippen molar-refractivity contribution >= 4 is 11.6 Å².